The van der Waals surface area contributed by atoms with Gasteiger partial charge in [0, 0.05) is 18.6 Å². The highest BCUT2D eigenvalue weighted by molar-refractivity contribution is 6.02. The minimum Gasteiger partial charge on any atom is -0.369 e. The Hall–Kier alpha value is -5.00. The zero-order valence-corrected chi connectivity index (χ0v) is 19.9. The number of pyridine rings is 3. The van der Waals surface area contributed by atoms with Gasteiger partial charge in [0.05, 0.1) is 35.1 Å². The molecule has 6 rings (SSSR count). The van der Waals surface area contributed by atoms with Gasteiger partial charge in [-0.15, -0.1) is 0 Å². The molecule has 0 fully saturated rings. The summed E-state index contributed by atoms with van der Waals surface area (Å²) >= 11 is 0. The van der Waals surface area contributed by atoms with Gasteiger partial charge in [-0.1, -0.05) is 0 Å². The Kier molecular flexibility index (Phi) is 4.99. The molecule has 0 aliphatic rings. The monoisotopic (exact) mass is 478 g/mol. The first-order chi connectivity index (χ1) is 17.5. The van der Waals surface area contributed by atoms with Crippen LogP contribution in [0.2, 0.25) is 0 Å². The maximum absolute atomic E-state index is 6.58. The second-order valence-electron chi connectivity index (χ2n) is 8.24. The summed E-state index contributed by atoms with van der Waals surface area (Å²) in [5, 5.41) is 0. The van der Waals surface area contributed by atoms with E-state index in [9.17, 15) is 0 Å². The average molecular weight is 479 g/mol. The van der Waals surface area contributed by atoms with E-state index >= 15 is 0 Å². The highest BCUT2D eigenvalue weighted by Crippen LogP contribution is 2.18. The molecule has 12 nitrogen and oxygen atoms in total. The van der Waals surface area contributed by atoms with Gasteiger partial charge in [0.15, 0.2) is 0 Å². The van der Waals surface area contributed by atoms with Crippen LogP contribution in [0, 0.1) is 20.8 Å². The zero-order valence-electron chi connectivity index (χ0n) is 19.9. The van der Waals surface area contributed by atoms with Crippen molar-refractivity contribution < 1.29 is 0 Å². The summed E-state index contributed by atoms with van der Waals surface area (Å²) in [7, 11) is 0. The molecule has 6 aromatic heterocycles. The lowest BCUT2D eigenvalue weighted by molar-refractivity contribution is 0.721. The summed E-state index contributed by atoms with van der Waals surface area (Å²) in [6.07, 6.45) is 10.3. The number of rotatable bonds is 2. The first-order valence-electron chi connectivity index (χ1n) is 11.3. The van der Waals surface area contributed by atoms with Crippen molar-refractivity contribution in [2.75, 3.05) is 0 Å². The molecule has 0 saturated carbocycles. The smallest absolute Gasteiger partial charge is 0.236 e. The van der Waals surface area contributed by atoms with E-state index in [1.165, 1.54) is 0 Å². The summed E-state index contributed by atoms with van der Waals surface area (Å²) in [5.41, 5.74) is 11.4. The van der Waals surface area contributed by atoms with Crippen molar-refractivity contribution in [1.29, 1.82) is 0 Å². The van der Waals surface area contributed by atoms with Crippen LogP contribution in [0.15, 0.2) is 65.4 Å². The fourth-order valence-electron chi connectivity index (χ4n) is 4.37. The number of imidazole rings is 3. The largest absolute Gasteiger partial charge is 0.369 e. The third kappa shape index (κ3) is 3.47. The topological polar surface area (TPSA) is 143 Å². The number of aromatic nitrogens is 9. The Labute approximate surface area is 204 Å². The van der Waals surface area contributed by atoms with E-state index in [0.29, 0.717) is 17.6 Å². The van der Waals surface area contributed by atoms with Gasteiger partial charge < -0.3 is 10.3 Å². The first-order valence-corrected chi connectivity index (χ1v) is 11.3. The van der Waals surface area contributed by atoms with Gasteiger partial charge in [0.2, 0.25) is 11.9 Å². The van der Waals surface area contributed by atoms with Crippen LogP contribution in [0.1, 0.15) is 17.5 Å². The summed E-state index contributed by atoms with van der Waals surface area (Å²) in [5.74, 6) is 2.83. The molecule has 0 unspecified atom stereocenters. The molecule has 6 aromatic rings. The predicted octanol–water partition coefficient (Wildman–Crippen LogP) is 2.57. The minimum atomic E-state index is 0.228. The lowest BCUT2D eigenvalue weighted by Crippen LogP contribution is -2.27. The number of nitrogens with two attached hydrogens (primary N) is 1. The Bertz CT molecular complexity index is 1820. The number of hydrogen-bond donors (Lipinski definition) is 1. The normalized spacial score (nSPS) is 12.9. The van der Waals surface area contributed by atoms with Gasteiger partial charge in [0.25, 0.3) is 0 Å². The van der Waals surface area contributed by atoms with Crippen LogP contribution < -0.4 is 5.73 Å². The molecule has 0 amide bonds. The van der Waals surface area contributed by atoms with E-state index in [0.717, 1.165) is 38.9 Å². The van der Waals surface area contributed by atoms with Crippen LogP contribution in [0.25, 0.3) is 33.1 Å². The maximum Gasteiger partial charge on any atom is 0.236 e. The first kappa shape index (κ1) is 21.5. The maximum atomic E-state index is 6.58. The van der Waals surface area contributed by atoms with Crippen LogP contribution in [0.4, 0.5) is 0 Å². The molecular weight excluding hydrogens is 456 g/mol. The van der Waals surface area contributed by atoms with Gasteiger partial charge in [-0.25, -0.2) is 19.9 Å². The lowest BCUT2D eigenvalue weighted by Gasteiger charge is -2.11. The van der Waals surface area contributed by atoms with Crippen LogP contribution in [-0.2, 0) is 6.67 Å². The molecule has 36 heavy (non-hydrogen) atoms. The summed E-state index contributed by atoms with van der Waals surface area (Å²) in [6, 6.07) is 5.65. The van der Waals surface area contributed by atoms with Crippen molar-refractivity contribution in [1.82, 2.24) is 43.6 Å². The van der Waals surface area contributed by atoms with E-state index in [-0.39, 0.29) is 12.6 Å². The van der Waals surface area contributed by atoms with E-state index in [1.54, 1.807) is 41.7 Å². The van der Waals surface area contributed by atoms with Crippen molar-refractivity contribution in [2.24, 2.45) is 15.7 Å². The van der Waals surface area contributed by atoms with Crippen molar-refractivity contribution >= 4 is 45.0 Å². The van der Waals surface area contributed by atoms with Crippen molar-refractivity contribution in [3.63, 3.8) is 0 Å². The van der Waals surface area contributed by atoms with E-state index in [1.807, 2.05) is 48.1 Å². The van der Waals surface area contributed by atoms with E-state index in [2.05, 4.69) is 29.9 Å². The molecule has 0 spiro atoms. The Morgan fingerprint density at radius 2 is 1.22 bits per heavy atom. The second-order valence-corrected chi connectivity index (χ2v) is 8.24. The minimum absolute atomic E-state index is 0.228. The molecule has 12 heteroatoms. The van der Waals surface area contributed by atoms with E-state index < -0.39 is 0 Å². The van der Waals surface area contributed by atoms with Crippen LogP contribution in [0.5, 0.6) is 0 Å². The predicted molar refractivity (Wildman–Crippen MR) is 137 cm³/mol. The summed E-state index contributed by atoms with van der Waals surface area (Å²) < 4.78 is 5.66. The van der Waals surface area contributed by atoms with Crippen molar-refractivity contribution in [3.8, 4) is 0 Å². The fraction of sp³-hybridized carbons (Fsp3) is 0.167. The molecule has 0 aliphatic carbocycles. The molecule has 178 valence electrons. The Morgan fingerprint density at radius 1 is 0.722 bits per heavy atom. The highest BCUT2D eigenvalue weighted by Gasteiger charge is 2.16. The second kappa shape index (κ2) is 8.34. The SMILES string of the molecule is Cc1nc2cnccc2n1CN=C(N=C(N)n1c(C)nc2cnccc21)n1c(C)nc2cnccc21. The Morgan fingerprint density at radius 3 is 1.86 bits per heavy atom. The number of fused-ring (bicyclic) bond motifs is 3. The number of aryl methyl sites for hydroxylation is 3. The molecule has 0 atom stereocenters. The third-order valence-corrected chi connectivity index (χ3v) is 5.99. The van der Waals surface area contributed by atoms with Gasteiger partial charge in [-0.05, 0) is 39.0 Å². The fourth-order valence-corrected chi connectivity index (χ4v) is 4.37. The average Bonchev–Trinajstić information content (AvgIpc) is 3.50. The van der Waals surface area contributed by atoms with Crippen molar-refractivity contribution in [3.05, 3.63) is 72.9 Å². The Balaban J connectivity index is 1.54. The van der Waals surface area contributed by atoms with Crippen LogP contribution in [-0.4, -0.2) is 55.5 Å². The van der Waals surface area contributed by atoms with Gasteiger partial charge in [0.1, 0.15) is 40.7 Å². The molecule has 0 bridgehead atoms. The molecule has 0 saturated heterocycles. The molecule has 0 radical (unpaired) electrons. The molecule has 2 N–H and O–H groups in total. The van der Waals surface area contributed by atoms with Crippen molar-refractivity contribution in [2.45, 2.75) is 27.4 Å². The number of nitrogens with zero attached hydrogens (tertiary/aromatic N) is 11. The standard InChI is InChI=1S/C24H22N12/c1-14-30-17-10-26-7-4-20(17)34(14)13-29-24(36-16(3)32-19-12-28-9-6-22(19)36)33-23(25)35-15(2)31-18-11-27-8-5-21(18)35/h4-12H,13H2,1-3H3,(H2,25,29,33). The quantitative estimate of drug-likeness (QED) is 0.298. The van der Waals surface area contributed by atoms with Crippen LogP contribution >= 0.6 is 0 Å². The summed E-state index contributed by atoms with van der Waals surface area (Å²) in [4.78, 5) is 36.0. The molecule has 6 heterocycles. The highest BCUT2D eigenvalue weighted by atomic mass is 15.3. The summed E-state index contributed by atoms with van der Waals surface area (Å²) in [6.45, 7) is 5.98. The van der Waals surface area contributed by atoms with Gasteiger partial charge in [-0.3, -0.25) is 24.1 Å². The lowest BCUT2D eigenvalue weighted by atomic mass is 10.4. The van der Waals surface area contributed by atoms with Crippen LogP contribution in [0.3, 0.4) is 0 Å². The number of hydrogen-bond acceptors (Lipinski definition) is 7. The third-order valence-electron chi connectivity index (χ3n) is 5.99. The van der Waals surface area contributed by atoms with E-state index in [4.69, 9.17) is 15.7 Å². The number of aliphatic imine (C=N–C) groups is 2. The molecular formula is C24H22N12. The van der Waals surface area contributed by atoms with Gasteiger partial charge in [-0.2, -0.15) is 4.99 Å². The van der Waals surface area contributed by atoms with Gasteiger partial charge >= 0.3 is 0 Å². The molecule has 0 aromatic carbocycles. The molecule has 0 aliphatic heterocycles. The zero-order chi connectivity index (χ0) is 24.8.